The van der Waals surface area contributed by atoms with Crippen molar-refractivity contribution in [2.24, 2.45) is 0 Å². The van der Waals surface area contributed by atoms with Crippen molar-refractivity contribution in [2.75, 3.05) is 0 Å². The van der Waals surface area contributed by atoms with Crippen molar-refractivity contribution < 1.29 is 0 Å². The van der Waals surface area contributed by atoms with E-state index in [1.54, 1.807) is 0 Å². The van der Waals surface area contributed by atoms with Gasteiger partial charge in [0.25, 0.3) is 0 Å². The van der Waals surface area contributed by atoms with Gasteiger partial charge in [0, 0.05) is 65.7 Å². The van der Waals surface area contributed by atoms with Gasteiger partial charge in [-0.15, -0.1) is 0 Å². The Kier molecular flexibility index (Phi) is 12.6. The molecular weight excluding hydrogens is 1110 g/mol. The van der Waals surface area contributed by atoms with E-state index in [9.17, 15) is 0 Å². The van der Waals surface area contributed by atoms with Crippen molar-refractivity contribution in [1.82, 2.24) is 43.6 Å². The first-order valence-electron chi connectivity index (χ1n) is 30.8. The molecule has 0 aliphatic heterocycles. The molecule has 17 aromatic rings. The highest BCUT2D eigenvalue weighted by atomic mass is 15.1. The Morgan fingerprint density at radius 1 is 0.198 bits per heavy atom. The molecular formula is C82H57N9. The molecule has 0 radical (unpaired) electrons. The first-order chi connectivity index (χ1) is 44.8. The van der Waals surface area contributed by atoms with E-state index in [1.165, 1.54) is 0 Å². The topological polar surface area (TPSA) is 92.1 Å². The fourth-order valence-electron chi connectivity index (χ4n) is 13.5. The molecule has 17 rings (SSSR count). The van der Waals surface area contributed by atoms with Crippen LogP contribution >= 0.6 is 0 Å². The first-order valence-corrected chi connectivity index (χ1v) is 30.8. The van der Waals surface area contributed by atoms with Crippen LogP contribution in [0, 0.1) is 27.7 Å². The summed E-state index contributed by atoms with van der Waals surface area (Å²) in [5.41, 5.74) is 20.4. The Morgan fingerprint density at radius 2 is 0.473 bits per heavy atom. The van der Waals surface area contributed by atoms with Gasteiger partial charge in [0.05, 0.1) is 50.2 Å². The maximum absolute atomic E-state index is 5.72. The van der Waals surface area contributed by atoms with Gasteiger partial charge in [-0.25, -0.2) is 29.9 Å². The number of aromatic nitrogens is 9. The van der Waals surface area contributed by atoms with E-state index in [1.807, 2.05) is 72.8 Å². The summed E-state index contributed by atoms with van der Waals surface area (Å²) in [4.78, 5) is 33.6. The Bertz CT molecular complexity index is 5220. The van der Waals surface area contributed by atoms with E-state index in [0.29, 0.717) is 34.9 Å². The number of hydrogen-bond donors (Lipinski definition) is 0. The second-order valence-corrected chi connectivity index (χ2v) is 23.8. The van der Waals surface area contributed by atoms with Crippen LogP contribution < -0.4 is 0 Å². The lowest BCUT2D eigenvalue weighted by atomic mass is 9.99. The largest absolute Gasteiger partial charge is 0.306 e. The van der Waals surface area contributed by atoms with Crippen molar-refractivity contribution in [1.29, 1.82) is 0 Å². The third kappa shape index (κ3) is 9.00. The molecule has 0 fully saturated rings. The van der Waals surface area contributed by atoms with Crippen molar-refractivity contribution in [3.63, 3.8) is 0 Å². The van der Waals surface area contributed by atoms with Gasteiger partial charge in [0.2, 0.25) is 0 Å². The lowest BCUT2D eigenvalue weighted by molar-refractivity contribution is 1.02. The molecule has 9 nitrogen and oxygen atoms in total. The highest BCUT2D eigenvalue weighted by molar-refractivity contribution is 6.16. The Morgan fingerprint density at radius 3 is 0.835 bits per heavy atom. The molecule has 5 aromatic heterocycles. The highest BCUT2D eigenvalue weighted by Gasteiger charge is 2.33. The summed E-state index contributed by atoms with van der Waals surface area (Å²) in [5, 5.41) is 6.70. The van der Waals surface area contributed by atoms with E-state index in [-0.39, 0.29) is 0 Å². The predicted molar refractivity (Wildman–Crippen MR) is 373 cm³/mol. The third-order valence-electron chi connectivity index (χ3n) is 17.7. The molecule has 0 spiro atoms. The van der Waals surface area contributed by atoms with Crippen molar-refractivity contribution in [3.05, 3.63) is 295 Å². The molecule has 0 amide bonds. The van der Waals surface area contributed by atoms with Crippen LogP contribution in [-0.2, 0) is 0 Å². The molecule has 0 saturated heterocycles. The normalized spacial score (nSPS) is 11.7. The number of fused-ring (bicyclic) bond motifs is 9. The number of rotatable bonds is 10. The molecule has 0 N–H and O–H groups in total. The molecule has 0 bridgehead atoms. The summed E-state index contributed by atoms with van der Waals surface area (Å²) in [6.45, 7) is 8.72. The molecule has 0 saturated carbocycles. The molecule has 5 heterocycles. The fraction of sp³-hybridized carbons (Fsp3) is 0.0488. The maximum Gasteiger partial charge on any atom is 0.166 e. The van der Waals surface area contributed by atoms with E-state index >= 15 is 0 Å². The molecule has 12 aromatic carbocycles. The number of para-hydroxylation sites is 1. The summed E-state index contributed by atoms with van der Waals surface area (Å²) in [7, 11) is 0. The summed E-state index contributed by atoms with van der Waals surface area (Å²) in [5.74, 6) is 3.07. The zero-order valence-electron chi connectivity index (χ0n) is 50.5. The second-order valence-electron chi connectivity index (χ2n) is 23.8. The van der Waals surface area contributed by atoms with Crippen molar-refractivity contribution >= 4 is 65.4 Å². The van der Waals surface area contributed by atoms with Crippen LogP contribution in [0.15, 0.2) is 273 Å². The average molecular weight is 1170 g/mol. The first kappa shape index (κ1) is 53.3. The van der Waals surface area contributed by atoms with Crippen LogP contribution in [0.4, 0.5) is 0 Å². The molecule has 91 heavy (non-hydrogen) atoms. The van der Waals surface area contributed by atoms with Gasteiger partial charge in [0.1, 0.15) is 0 Å². The van der Waals surface area contributed by atoms with Crippen molar-refractivity contribution in [2.45, 2.75) is 27.7 Å². The molecule has 0 atom stereocenters. The van der Waals surface area contributed by atoms with Gasteiger partial charge in [-0.2, -0.15) is 0 Å². The third-order valence-corrected chi connectivity index (χ3v) is 17.7. The van der Waals surface area contributed by atoms with E-state index in [2.05, 4.69) is 242 Å². The predicted octanol–water partition coefficient (Wildman–Crippen LogP) is 20.3. The molecule has 0 aliphatic carbocycles. The molecule has 9 heteroatoms. The van der Waals surface area contributed by atoms with Gasteiger partial charge < -0.3 is 13.7 Å². The van der Waals surface area contributed by atoms with Gasteiger partial charge >= 0.3 is 0 Å². The summed E-state index contributed by atoms with van der Waals surface area (Å²) >= 11 is 0. The number of hydrogen-bond acceptors (Lipinski definition) is 6. The minimum absolute atomic E-state index is 0.465. The number of benzene rings is 12. The minimum atomic E-state index is 0.465. The standard InChI is InChI=1S/C82H57N9/c1-50-34-39-69-61(44-50)62-45-51(2)35-40-70(62)89(69)74-66(81-85-77(55-24-12-6-13-25-55)83-78(86-81)56-26-14-7-15-27-56)49-67(82-87-79(57-28-16-8-17-29-57)84-80(88-82)58-30-18-9-19-31-58)75(90-71-41-36-52(3)46-63(71)64-47-53(4)37-42-72(64)90)76(74)91-68-33-21-20-32-60(68)65-48-59(38-43-73(65)91)54-22-10-5-11-23-54/h5-49H,1-4H3. The van der Waals surface area contributed by atoms with Gasteiger partial charge in [-0.05, 0) is 112 Å². The van der Waals surface area contributed by atoms with Crippen LogP contribution in [0.1, 0.15) is 22.3 Å². The van der Waals surface area contributed by atoms with E-state index in [4.69, 9.17) is 29.9 Å². The van der Waals surface area contributed by atoms with E-state index < -0.39 is 0 Å². The van der Waals surface area contributed by atoms with Crippen LogP contribution in [0.5, 0.6) is 0 Å². The summed E-state index contributed by atoms with van der Waals surface area (Å²) in [6, 6.07) is 97.1. The van der Waals surface area contributed by atoms with E-state index in [0.717, 1.165) is 149 Å². The Balaban J connectivity index is 1.17. The van der Waals surface area contributed by atoms with Gasteiger partial charge in [-0.3, -0.25) is 0 Å². The van der Waals surface area contributed by atoms with Gasteiger partial charge in [0.15, 0.2) is 34.9 Å². The monoisotopic (exact) mass is 1170 g/mol. The van der Waals surface area contributed by atoms with Gasteiger partial charge in [-0.1, -0.05) is 222 Å². The minimum Gasteiger partial charge on any atom is -0.306 e. The zero-order valence-corrected chi connectivity index (χ0v) is 50.5. The lowest BCUT2D eigenvalue weighted by Gasteiger charge is -2.27. The van der Waals surface area contributed by atoms with Crippen molar-refractivity contribution in [3.8, 4) is 96.5 Å². The molecule has 0 aliphatic rings. The smallest absolute Gasteiger partial charge is 0.166 e. The lowest BCUT2D eigenvalue weighted by Crippen LogP contribution is -2.14. The van der Waals surface area contributed by atoms with Crippen LogP contribution in [0.2, 0.25) is 0 Å². The van der Waals surface area contributed by atoms with Crippen LogP contribution in [-0.4, -0.2) is 43.6 Å². The maximum atomic E-state index is 5.72. The highest BCUT2D eigenvalue weighted by Crippen LogP contribution is 2.50. The summed E-state index contributed by atoms with van der Waals surface area (Å²) < 4.78 is 7.47. The SMILES string of the molecule is Cc1ccc2c(c1)c1cc(C)ccc1n2-c1c(-c2nc(-c3ccccc3)nc(-c3ccccc3)n2)cc(-c2nc(-c3ccccc3)nc(-c3ccccc3)n2)c(-n2c3ccc(C)cc3c3cc(C)ccc32)c1-n1c2ccccc2c2cc(-c3ccccc3)ccc21. The van der Waals surface area contributed by atoms with Crippen LogP contribution in [0.3, 0.4) is 0 Å². The number of aryl methyl sites for hydroxylation is 4. The Labute approximate surface area is 525 Å². The second kappa shape index (κ2) is 21.4. The average Bonchev–Trinajstić information content (AvgIpc) is 1.64. The Hall–Kier alpha value is -11.9. The number of nitrogens with zero attached hydrogens (tertiary/aromatic N) is 9. The zero-order chi connectivity index (χ0) is 60.8. The molecule has 0 unspecified atom stereocenters. The fourth-order valence-corrected chi connectivity index (χ4v) is 13.5. The van der Waals surface area contributed by atoms with Crippen LogP contribution in [0.25, 0.3) is 162 Å². The molecule has 430 valence electrons. The quantitative estimate of drug-likeness (QED) is 0.135. The summed E-state index contributed by atoms with van der Waals surface area (Å²) in [6.07, 6.45) is 0.